The average molecular weight is 1230 g/mol. The van der Waals surface area contributed by atoms with E-state index >= 15 is 0 Å². The lowest BCUT2D eigenvalue weighted by Crippen LogP contribution is -2.49. The third-order valence-electron chi connectivity index (χ3n) is 11.1. The van der Waals surface area contributed by atoms with Crippen LogP contribution in [0.2, 0.25) is 0 Å². The predicted molar refractivity (Wildman–Crippen MR) is 333 cm³/mol. The second kappa shape index (κ2) is 34.0. The van der Waals surface area contributed by atoms with Crippen molar-refractivity contribution in [3.05, 3.63) is 273 Å². The molecule has 0 aliphatic rings. The summed E-state index contributed by atoms with van der Waals surface area (Å²) in [5, 5.41) is 6.56. The van der Waals surface area contributed by atoms with Gasteiger partial charge in [0.25, 0.3) is 0 Å². The Hall–Kier alpha value is -6.50. The Morgan fingerprint density at radius 3 is 0.644 bits per heavy atom. The van der Waals surface area contributed by atoms with E-state index in [1.54, 1.807) is 0 Å². The molecule has 0 spiro atoms. The molecule has 0 bridgehead atoms. The van der Waals surface area contributed by atoms with Crippen LogP contribution in [0.25, 0.3) is 0 Å². The number of anilines is 9. The molecular weight excluding hydrogens is 1160 g/mol. The van der Waals surface area contributed by atoms with Gasteiger partial charge in [0.15, 0.2) is 0 Å². The molecule has 0 atom stereocenters. The van der Waals surface area contributed by atoms with Crippen LogP contribution in [-0.4, -0.2) is 41.8 Å². The lowest BCUT2D eigenvalue weighted by atomic mass is 10.2. The van der Waals surface area contributed by atoms with Crippen LogP contribution in [0.1, 0.15) is 7.43 Å². The van der Waals surface area contributed by atoms with Crippen molar-refractivity contribution < 1.29 is 0 Å². The second-order valence-corrected chi connectivity index (χ2v) is 21.1. The summed E-state index contributed by atoms with van der Waals surface area (Å²) in [6.45, 7) is 3.31. The van der Waals surface area contributed by atoms with Gasteiger partial charge in [-0.15, -0.1) is 0 Å². The lowest BCUT2D eigenvalue weighted by Gasteiger charge is -2.41. The van der Waals surface area contributed by atoms with E-state index in [1.165, 1.54) is 0 Å². The molecule has 0 aliphatic heterocycles. The smallest absolute Gasteiger partial charge is 0.0968 e. The van der Waals surface area contributed by atoms with Crippen LogP contribution >= 0.6 is 63.7 Å². The van der Waals surface area contributed by atoms with Crippen molar-refractivity contribution in [2.45, 2.75) is 7.43 Å². The number of nitrogens with zero attached hydrogens (tertiary/aromatic N) is 5. The molecule has 9 aromatic rings. The highest BCUT2D eigenvalue weighted by atomic mass is 79.9. The molecule has 0 heterocycles. The molecule has 0 saturated carbocycles. The number of nitrogens with one attached hydrogen (secondary N) is 2. The Labute approximate surface area is 468 Å². The molecule has 0 aromatic heterocycles. The predicted octanol–water partition coefficient (Wildman–Crippen LogP) is 18.3. The summed E-state index contributed by atoms with van der Waals surface area (Å²) >= 11 is 12.2. The van der Waals surface area contributed by atoms with Gasteiger partial charge in [-0.2, -0.15) is 0 Å². The van der Waals surface area contributed by atoms with Gasteiger partial charge in [-0.1, -0.05) is 235 Å². The van der Waals surface area contributed by atoms with E-state index < -0.39 is 0 Å². The maximum absolute atomic E-state index is 3.28. The minimum atomic E-state index is 0. The first kappa shape index (κ1) is 57.4. The Bertz CT molecular complexity index is 2470. The number of benzene rings is 9. The minimum absolute atomic E-state index is 0. The van der Waals surface area contributed by atoms with E-state index in [0.29, 0.717) is 26.7 Å². The molecule has 0 radical (unpaired) electrons. The highest BCUT2D eigenvalue weighted by molar-refractivity contribution is 9.24. The van der Waals surface area contributed by atoms with Gasteiger partial charge in [0.1, 0.15) is 0 Å². The molecule has 73 heavy (non-hydrogen) atoms. The maximum Gasteiger partial charge on any atom is 0.0968 e. The summed E-state index contributed by atoms with van der Waals surface area (Å²) in [6.07, 6.45) is 0. The fourth-order valence-corrected chi connectivity index (χ4v) is 7.71. The van der Waals surface area contributed by atoms with Crippen LogP contribution in [0.4, 0.5) is 51.2 Å². The molecule has 9 rings (SSSR count). The largest absolute Gasteiger partial charge is 0.368 e. The average Bonchev–Trinajstić information content (AvgIpc) is 3.45. The minimum Gasteiger partial charge on any atom is -0.368 e. The van der Waals surface area contributed by atoms with Gasteiger partial charge in [-0.25, -0.2) is 0 Å². The van der Waals surface area contributed by atoms with Gasteiger partial charge in [-0.05, 0) is 109 Å². The van der Waals surface area contributed by atoms with Gasteiger partial charge in [0.2, 0.25) is 0 Å². The standard InChI is InChI=1S/C46H43N5.C13H14N2.2CH2Br2.CH4/c1-8-22-40(23-9-1)47(36-48(41-24-10-2-11-25-41)38-50(43-28-14-4-15-29-43)44-30-16-5-17-31-44)37-49(42-26-12-3-13-27-42)39-51(45-32-18-6-19-33-45)46-34-20-7-21-35-46;1-3-7-12(8-4-1)14-11-15-13-9-5-2-6-10-13;2*2-1-3;/h1-35H,36-39H2;1-10,14-15H,11H2;2*1H2;1H4. The summed E-state index contributed by atoms with van der Waals surface area (Å²) in [5.74, 6) is 0. The van der Waals surface area contributed by atoms with Crippen molar-refractivity contribution in [3.8, 4) is 0 Å². The molecule has 2 N–H and O–H groups in total. The highest BCUT2D eigenvalue weighted by Gasteiger charge is 2.22. The number of rotatable bonds is 19. The highest BCUT2D eigenvalue weighted by Crippen LogP contribution is 2.30. The summed E-state index contributed by atoms with van der Waals surface area (Å²) in [7, 11) is 0. The summed E-state index contributed by atoms with van der Waals surface area (Å²) < 4.78 is 1.75. The van der Waals surface area contributed by atoms with E-state index in [0.717, 1.165) is 66.3 Å². The van der Waals surface area contributed by atoms with Crippen molar-refractivity contribution in [2.24, 2.45) is 0 Å². The molecule has 7 nitrogen and oxygen atoms in total. The van der Waals surface area contributed by atoms with Gasteiger partial charge >= 0.3 is 0 Å². The fraction of sp³-hybridized carbons (Fsp3) is 0.129. The molecule has 0 aliphatic carbocycles. The molecule has 0 saturated heterocycles. The Morgan fingerprint density at radius 1 is 0.247 bits per heavy atom. The number of hydrogen-bond donors (Lipinski definition) is 2. The quantitative estimate of drug-likeness (QED) is 0.0618. The molecular formula is C62H65Br4N7. The summed E-state index contributed by atoms with van der Waals surface area (Å²) in [5.41, 5.74) is 10.3. The monoisotopic (exact) mass is 1220 g/mol. The molecule has 11 heteroatoms. The first-order valence-electron chi connectivity index (χ1n) is 23.6. The van der Waals surface area contributed by atoms with Crippen molar-refractivity contribution in [1.82, 2.24) is 0 Å². The third-order valence-corrected chi connectivity index (χ3v) is 11.1. The maximum atomic E-state index is 3.28. The van der Waals surface area contributed by atoms with Crippen LogP contribution in [0, 0.1) is 0 Å². The first-order chi connectivity index (χ1) is 35.6. The van der Waals surface area contributed by atoms with Gasteiger partial charge in [-0.3, -0.25) is 0 Å². The zero-order chi connectivity index (χ0) is 50.3. The second-order valence-electron chi connectivity index (χ2n) is 15.9. The Morgan fingerprint density at radius 2 is 0.425 bits per heavy atom. The molecule has 376 valence electrons. The lowest BCUT2D eigenvalue weighted by molar-refractivity contribution is 0.683. The Kier molecular flexibility index (Phi) is 26.7. The van der Waals surface area contributed by atoms with Gasteiger partial charge in [0, 0.05) is 51.2 Å². The van der Waals surface area contributed by atoms with Gasteiger partial charge < -0.3 is 35.1 Å². The van der Waals surface area contributed by atoms with E-state index in [-0.39, 0.29) is 7.43 Å². The van der Waals surface area contributed by atoms with Crippen LogP contribution in [-0.2, 0) is 0 Å². The van der Waals surface area contributed by atoms with E-state index in [4.69, 9.17) is 0 Å². The molecule has 0 amide bonds. The van der Waals surface area contributed by atoms with E-state index in [2.05, 4.69) is 311 Å². The third kappa shape index (κ3) is 19.8. The number of alkyl halides is 4. The molecule has 9 aromatic carbocycles. The van der Waals surface area contributed by atoms with Crippen molar-refractivity contribution >= 4 is 115 Å². The summed E-state index contributed by atoms with van der Waals surface area (Å²) in [4.78, 5) is 12.2. The van der Waals surface area contributed by atoms with Gasteiger partial charge in [0.05, 0.1) is 41.8 Å². The fourth-order valence-electron chi connectivity index (χ4n) is 7.71. The molecule has 0 fully saturated rings. The first-order valence-corrected chi connectivity index (χ1v) is 28.1. The Balaban J connectivity index is 0.000000375. The van der Waals surface area contributed by atoms with Crippen LogP contribution in [0.3, 0.4) is 0 Å². The zero-order valence-electron chi connectivity index (χ0n) is 40.2. The molecule has 0 unspecified atom stereocenters. The zero-order valence-corrected chi connectivity index (χ0v) is 46.5. The normalized spacial score (nSPS) is 9.92. The number of para-hydroxylation sites is 9. The van der Waals surface area contributed by atoms with Crippen LogP contribution in [0.15, 0.2) is 273 Å². The SMILES string of the molecule is BrCBr.BrCBr.C.c1ccc(N(CN(CN(c2ccccc2)c2ccccc2)c2ccccc2)CN(CN(c2ccccc2)c2ccccc2)c2ccccc2)cc1.c1ccc(NCNc2ccccc2)cc1. The number of hydrogen-bond acceptors (Lipinski definition) is 7. The van der Waals surface area contributed by atoms with E-state index in [1.807, 2.05) is 60.7 Å². The van der Waals surface area contributed by atoms with Crippen molar-refractivity contribution in [2.75, 3.05) is 77.0 Å². The van der Waals surface area contributed by atoms with E-state index in [9.17, 15) is 0 Å². The van der Waals surface area contributed by atoms with Crippen molar-refractivity contribution in [3.63, 3.8) is 0 Å². The topological polar surface area (TPSA) is 40.3 Å². The van der Waals surface area contributed by atoms with Crippen molar-refractivity contribution in [1.29, 1.82) is 0 Å². The van der Waals surface area contributed by atoms with Crippen LogP contribution < -0.4 is 35.1 Å². The number of halogens is 4. The summed E-state index contributed by atoms with van der Waals surface area (Å²) in [6, 6.07) is 95.2. The van der Waals surface area contributed by atoms with Crippen LogP contribution in [0.5, 0.6) is 0 Å².